The zero-order valence-electron chi connectivity index (χ0n) is 9.20. The summed E-state index contributed by atoms with van der Waals surface area (Å²) < 4.78 is 1.05. The highest BCUT2D eigenvalue weighted by molar-refractivity contribution is 9.11. The van der Waals surface area contributed by atoms with Crippen LogP contribution in [0.5, 0.6) is 0 Å². The first kappa shape index (κ1) is 14.0. The van der Waals surface area contributed by atoms with Crippen LogP contribution >= 0.6 is 27.3 Å². The summed E-state index contributed by atoms with van der Waals surface area (Å²) in [6.45, 7) is 1.89. The molecule has 1 heterocycles. The van der Waals surface area contributed by atoms with Crippen molar-refractivity contribution in [3.63, 3.8) is 0 Å². The van der Waals surface area contributed by atoms with E-state index in [0.29, 0.717) is 6.54 Å². The number of thiophene rings is 1. The maximum absolute atomic E-state index is 11.3. The van der Waals surface area contributed by atoms with Crippen LogP contribution in [0.4, 0.5) is 4.79 Å². The summed E-state index contributed by atoms with van der Waals surface area (Å²) in [7, 11) is 0. The van der Waals surface area contributed by atoms with Crippen LogP contribution in [-0.2, 0) is 11.2 Å². The number of halogens is 1. The average Bonchev–Trinajstić information content (AvgIpc) is 2.64. The second kappa shape index (κ2) is 6.61. The van der Waals surface area contributed by atoms with Gasteiger partial charge in [-0.15, -0.1) is 11.3 Å². The highest BCUT2D eigenvalue weighted by Gasteiger charge is 2.12. The molecule has 1 aromatic rings. The standard InChI is InChI=1S/C10H13BrN2O3S/c1-6(9(14)15)13-10(16)12-5-4-7-2-3-8(11)17-7/h2-3,6H,4-5H2,1H3,(H,14,15)(H2,12,13,16)/t6-/m0/s1. The van der Waals surface area contributed by atoms with Gasteiger partial charge in [-0.25, -0.2) is 4.79 Å². The van der Waals surface area contributed by atoms with Gasteiger partial charge in [0.25, 0.3) is 0 Å². The first-order chi connectivity index (χ1) is 7.99. The van der Waals surface area contributed by atoms with Crippen LogP contribution in [0.25, 0.3) is 0 Å². The third-order valence-corrected chi connectivity index (χ3v) is 3.69. The van der Waals surface area contributed by atoms with Gasteiger partial charge in [-0.2, -0.15) is 0 Å². The van der Waals surface area contributed by atoms with Gasteiger partial charge in [0.05, 0.1) is 3.79 Å². The molecule has 1 atom stereocenters. The molecule has 0 spiro atoms. The van der Waals surface area contributed by atoms with Crippen molar-refractivity contribution >= 4 is 39.3 Å². The van der Waals surface area contributed by atoms with E-state index in [1.807, 2.05) is 12.1 Å². The largest absolute Gasteiger partial charge is 0.480 e. The fourth-order valence-electron chi connectivity index (χ4n) is 1.09. The van der Waals surface area contributed by atoms with E-state index in [0.717, 1.165) is 15.1 Å². The number of carboxylic acids is 1. The molecule has 0 bridgehead atoms. The molecule has 0 radical (unpaired) electrons. The Morgan fingerprint density at radius 2 is 2.24 bits per heavy atom. The van der Waals surface area contributed by atoms with Crippen LogP contribution in [0.2, 0.25) is 0 Å². The molecule has 1 rings (SSSR count). The lowest BCUT2D eigenvalue weighted by Gasteiger charge is -2.10. The lowest BCUT2D eigenvalue weighted by molar-refractivity contribution is -0.138. The number of aliphatic carboxylic acids is 1. The van der Waals surface area contributed by atoms with Gasteiger partial charge in [0.15, 0.2) is 0 Å². The summed E-state index contributed by atoms with van der Waals surface area (Å²) in [5.74, 6) is -1.05. The number of hydrogen-bond donors (Lipinski definition) is 3. The van der Waals surface area contributed by atoms with Crippen molar-refractivity contribution in [3.05, 3.63) is 20.8 Å². The average molecular weight is 321 g/mol. The summed E-state index contributed by atoms with van der Waals surface area (Å²) in [6, 6.07) is 2.59. The van der Waals surface area contributed by atoms with Crippen LogP contribution in [-0.4, -0.2) is 29.7 Å². The van der Waals surface area contributed by atoms with Crippen LogP contribution < -0.4 is 10.6 Å². The third-order valence-electron chi connectivity index (χ3n) is 2.00. The van der Waals surface area contributed by atoms with Gasteiger partial charge in [0, 0.05) is 11.4 Å². The van der Waals surface area contributed by atoms with Gasteiger partial charge in [0.1, 0.15) is 6.04 Å². The molecule has 0 saturated carbocycles. The molecule has 94 valence electrons. The third kappa shape index (κ3) is 5.18. The second-order valence-corrected chi connectivity index (χ2v) is 5.96. The van der Waals surface area contributed by atoms with E-state index in [2.05, 4.69) is 26.6 Å². The van der Waals surface area contributed by atoms with Crippen molar-refractivity contribution < 1.29 is 14.7 Å². The lowest BCUT2D eigenvalue weighted by Crippen LogP contribution is -2.44. The smallest absolute Gasteiger partial charge is 0.325 e. The number of hydrogen-bond acceptors (Lipinski definition) is 3. The number of nitrogens with one attached hydrogen (secondary N) is 2. The quantitative estimate of drug-likeness (QED) is 0.774. The Morgan fingerprint density at radius 1 is 1.53 bits per heavy atom. The van der Waals surface area contributed by atoms with E-state index in [4.69, 9.17) is 5.11 Å². The monoisotopic (exact) mass is 320 g/mol. The van der Waals surface area contributed by atoms with E-state index >= 15 is 0 Å². The van der Waals surface area contributed by atoms with E-state index in [1.165, 1.54) is 6.92 Å². The van der Waals surface area contributed by atoms with Crippen LogP contribution in [0, 0.1) is 0 Å². The van der Waals surface area contributed by atoms with Gasteiger partial charge in [-0.3, -0.25) is 4.79 Å². The maximum Gasteiger partial charge on any atom is 0.325 e. The Hall–Kier alpha value is -1.08. The molecule has 17 heavy (non-hydrogen) atoms. The van der Waals surface area contributed by atoms with Gasteiger partial charge < -0.3 is 15.7 Å². The number of carboxylic acid groups (broad SMARTS) is 1. The Kier molecular flexibility index (Phi) is 5.43. The maximum atomic E-state index is 11.3. The van der Waals surface area contributed by atoms with Gasteiger partial charge in [-0.05, 0) is 41.4 Å². The minimum absolute atomic E-state index is 0.462. The molecule has 0 unspecified atom stereocenters. The molecule has 2 amide bonds. The van der Waals surface area contributed by atoms with Crippen molar-refractivity contribution in [2.45, 2.75) is 19.4 Å². The SMILES string of the molecule is C[C@H](NC(=O)NCCc1ccc(Br)s1)C(=O)O. The molecule has 0 aliphatic carbocycles. The highest BCUT2D eigenvalue weighted by atomic mass is 79.9. The van der Waals surface area contributed by atoms with Crippen molar-refractivity contribution in [3.8, 4) is 0 Å². The van der Waals surface area contributed by atoms with Crippen molar-refractivity contribution in [1.82, 2.24) is 10.6 Å². The van der Waals surface area contributed by atoms with Crippen molar-refractivity contribution in [2.75, 3.05) is 6.54 Å². The summed E-state index contributed by atoms with van der Waals surface area (Å²) in [4.78, 5) is 22.9. The summed E-state index contributed by atoms with van der Waals surface area (Å²) >= 11 is 4.96. The minimum atomic E-state index is -1.05. The number of amides is 2. The molecule has 7 heteroatoms. The van der Waals surface area contributed by atoms with E-state index < -0.39 is 18.0 Å². The summed E-state index contributed by atoms with van der Waals surface area (Å²) in [6.07, 6.45) is 0.727. The summed E-state index contributed by atoms with van der Waals surface area (Å²) in [5.41, 5.74) is 0. The molecule has 0 saturated heterocycles. The number of rotatable bonds is 5. The van der Waals surface area contributed by atoms with Crippen LogP contribution in [0.15, 0.2) is 15.9 Å². The number of urea groups is 1. The van der Waals surface area contributed by atoms with Crippen molar-refractivity contribution in [1.29, 1.82) is 0 Å². The second-order valence-electron chi connectivity index (χ2n) is 3.42. The Bertz CT molecular complexity index is 408. The highest BCUT2D eigenvalue weighted by Crippen LogP contribution is 2.21. The molecule has 0 aliphatic heterocycles. The first-order valence-corrected chi connectivity index (χ1v) is 6.61. The lowest BCUT2D eigenvalue weighted by atomic mass is 10.3. The predicted octanol–water partition coefficient (Wildman–Crippen LogP) is 1.83. The fourth-order valence-corrected chi connectivity index (χ4v) is 2.58. The molecule has 0 aliphatic rings. The van der Waals surface area contributed by atoms with Crippen LogP contribution in [0.1, 0.15) is 11.8 Å². The normalized spacial score (nSPS) is 11.9. The zero-order chi connectivity index (χ0) is 12.8. The van der Waals surface area contributed by atoms with E-state index in [-0.39, 0.29) is 0 Å². The van der Waals surface area contributed by atoms with Crippen LogP contribution in [0.3, 0.4) is 0 Å². The van der Waals surface area contributed by atoms with Gasteiger partial charge in [0.2, 0.25) is 0 Å². The Morgan fingerprint density at radius 3 is 2.76 bits per heavy atom. The molecule has 1 aromatic heterocycles. The Balaban J connectivity index is 2.22. The zero-order valence-corrected chi connectivity index (χ0v) is 11.6. The minimum Gasteiger partial charge on any atom is -0.480 e. The van der Waals surface area contributed by atoms with Gasteiger partial charge in [-0.1, -0.05) is 0 Å². The van der Waals surface area contributed by atoms with Gasteiger partial charge >= 0.3 is 12.0 Å². The topological polar surface area (TPSA) is 78.4 Å². The molecular formula is C10H13BrN2O3S. The number of carbonyl (C=O) groups excluding carboxylic acids is 1. The van der Waals surface area contributed by atoms with E-state index in [1.54, 1.807) is 11.3 Å². The van der Waals surface area contributed by atoms with Crippen molar-refractivity contribution in [2.24, 2.45) is 0 Å². The van der Waals surface area contributed by atoms with E-state index in [9.17, 15) is 9.59 Å². The molecule has 0 aromatic carbocycles. The number of carbonyl (C=O) groups is 2. The molecule has 3 N–H and O–H groups in total. The first-order valence-electron chi connectivity index (χ1n) is 5.00. The molecule has 5 nitrogen and oxygen atoms in total. The summed E-state index contributed by atoms with van der Waals surface area (Å²) in [5, 5.41) is 13.5. The molecular weight excluding hydrogens is 308 g/mol. The fraction of sp³-hybridized carbons (Fsp3) is 0.400. The predicted molar refractivity (Wildman–Crippen MR) is 69.4 cm³/mol. The Labute approximate surface area is 111 Å². The molecule has 0 fully saturated rings.